The number of halogens is 1. The number of imide groups is 1. The number of carbonyl (C=O) groups excluding carboxylic acids is 3. The summed E-state index contributed by atoms with van der Waals surface area (Å²) in [5.74, 6) is 0.102. The molecule has 2 aliphatic heterocycles. The SMILES string of the molecule is C[C@@H]1CC[C@@]23CCC(=O)[C@H]2[C@]1(C)[C@H](OC(=O)NC(=O)[C@H]1CN2CC[C@@H]1C2)CC(C)(C)[C@@H](O)[C@@H]3C.Cl. The fourth-order valence-corrected chi connectivity index (χ4v) is 8.91. The number of alkyl carbamates (subject to hydrolysis) is 1. The maximum Gasteiger partial charge on any atom is 0.414 e. The fourth-order valence-electron chi connectivity index (χ4n) is 8.91. The second-order valence-electron chi connectivity index (χ2n) is 13.2. The highest BCUT2D eigenvalue weighted by Gasteiger charge is 2.68. The van der Waals surface area contributed by atoms with Crippen molar-refractivity contribution in [1.29, 1.82) is 0 Å². The minimum atomic E-state index is -0.707. The second kappa shape index (κ2) is 8.98. The van der Waals surface area contributed by atoms with Crippen LogP contribution in [0.4, 0.5) is 4.79 Å². The number of ether oxygens (including phenoxy) is 1. The summed E-state index contributed by atoms with van der Waals surface area (Å²) in [7, 11) is 0. The molecule has 5 aliphatic rings. The molecule has 2 heterocycles. The number of aliphatic hydroxyl groups excluding tert-OH is 1. The van der Waals surface area contributed by atoms with E-state index in [-0.39, 0.29) is 53.2 Å². The Kier molecular flexibility index (Phi) is 6.90. The first kappa shape index (κ1) is 26.9. The molecule has 2 N–H and O–H groups in total. The van der Waals surface area contributed by atoms with Gasteiger partial charge in [0.15, 0.2) is 0 Å². The van der Waals surface area contributed by atoms with Crippen LogP contribution in [0.5, 0.6) is 0 Å². The van der Waals surface area contributed by atoms with Crippen LogP contribution in [0, 0.1) is 45.8 Å². The molecule has 0 aromatic carbocycles. The van der Waals surface area contributed by atoms with E-state index in [0.29, 0.717) is 25.3 Å². The largest absolute Gasteiger partial charge is 0.445 e. The number of aliphatic hydroxyl groups is 1. The summed E-state index contributed by atoms with van der Waals surface area (Å²) in [6.45, 7) is 13.2. The van der Waals surface area contributed by atoms with Gasteiger partial charge in [-0.3, -0.25) is 14.9 Å². The van der Waals surface area contributed by atoms with Crippen molar-refractivity contribution in [2.24, 2.45) is 45.8 Å². The molecule has 3 saturated carbocycles. The van der Waals surface area contributed by atoms with Crippen LogP contribution in [0.1, 0.15) is 73.1 Å². The van der Waals surface area contributed by atoms with E-state index in [1.54, 1.807) is 0 Å². The third-order valence-electron chi connectivity index (χ3n) is 11.2. The van der Waals surface area contributed by atoms with E-state index < -0.39 is 29.1 Å². The zero-order chi connectivity index (χ0) is 24.6. The van der Waals surface area contributed by atoms with Gasteiger partial charge in [0.05, 0.1) is 12.0 Å². The summed E-state index contributed by atoms with van der Waals surface area (Å²) in [5.41, 5.74) is -1.29. The summed E-state index contributed by atoms with van der Waals surface area (Å²) >= 11 is 0. The molecule has 5 fully saturated rings. The van der Waals surface area contributed by atoms with Gasteiger partial charge in [-0.1, -0.05) is 34.6 Å². The zero-order valence-corrected chi connectivity index (χ0v) is 22.7. The highest BCUT2D eigenvalue weighted by molar-refractivity contribution is 5.93. The molecule has 0 radical (unpaired) electrons. The molecule has 10 atom stereocenters. The lowest BCUT2D eigenvalue weighted by atomic mass is 9.44. The fraction of sp³-hybridized carbons (Fsp3) is 0.889. The van der Waals surface area contributed by atoms with Gasteiger partial charge in [-0.25, -0.2) is 4.79 Å². The Morgan fingerprint density at radius 3 is 2.46 bits per heavy atom. The predicted octanol–water partition coefficient (Wildman–Crippen LogP) is 3.81. The summed E-state index contributed by atoms with van der Waals surface area (Å²) in [5, 5.41) is 14.0. The van der Waals surface area contributed by atoms with Gasteiger partial charge in [0.1, 0.15) is 11.9 Å². The van der Waals surface area contributed by atoms with Crippen LogP contribution in [0.25, 0.3) is 0 Å². The van der Waals surface area contributed by atoms with Crippen LogP contribution in [-0.4, -0.2) is 59.6 Å². The van der Waals surface area contributed by atoms with Crippen LogP contribution >= 0.6 is 12.4 Å². The number of nitrogens with zero attached hydrogens (tertiary/aromatic N) is 1. The number of carbonyl (C=O) groups is 3. The molecule has 2 amide bonds. The van der Waals surface area contributed by atoms with Gasteiger partial charge in [0.25, 0.3) is 0 Å². The lowest BCUT2D eigenvalue weighted by Crippen LogP contribution is -2.63. The predicted molar refractivity (Wildman–Crippen MR) is 134 cm³/mol. The van der Waals surface area contributed by atoms with E-state index in [1.807, 2.05) is 13.8 Å². The summed E-state index contributed by atoms with van der Waals surface area (Å²) < 4.78 is 6.12. The van der Waals surface area contributed by atoms with Crippen LogP contribution in [0.2, 0.25) is 0 Å². The number of hydrogen-bond donors (Lipinski definition) is 2. The molecule has 35 heavy (non-hydrogen) atoms. The van der Waals surface area contributed by atoms with Crippen molar-refractivity contribution in [2.75, 3.05) is 19.6 Å². The first-order valence-electron chi connectivity index (χ1n) is 13.3. The van der Waals surface area contributed by atoms with Crippen molar-refractivity contribution in [3.05, 3.63) is 0 Å². The number of Topliss-reactive ketones (excluding diaryl/α,β-unsaturated/α-hetero) is 1. The van der Waals surface area contributed by atoms with Gasteiger partial charge in [-0.05, 0) is 67.2 Å². The first-order valence-corrected chi connectivity index (χ1v) is 13.3. The maximum atomic E-state index is 13.4. The number of amides is 2. The number of nitrogens with one attached hydrogen (secondary N) is 1. The third kappa shape index (κ3) is 3.95. The number of piperidine rings is 1. The minimum Gasteiger partial charge on any atom is -0.445 e. The molecule has 1 unspecified atom stereocenters. The molecule has 4 bridgehead atoms. The van der Waals surface area contributed by atoms with E-state index in [1.165, 1.54) is 0 Å². The molecule has 0 aromatic heterocycles. The van der Waals surface area contributed by atoms with Gasteiger partial charge >= 0.3 is 6.09 Å². The molecule has 8 heteroatoms. The van der Waals surface area contributed by atoms with Crippen LogP contribution in [-0.2, 0) is 14.3 Å². The lowest BCUT2D eigenvalue weighted by molar-refractivity contribution is -0.195. The van der Waals surface area contributed by atoms with Crippen molar-refractivity contribution in [1.82, 2.24) is 10.2 Å². The smallest absolute Gasteiger partial charge is 0.414 e. The molecule has 5 rings (SSSR count). The number of fused-ring (bicyclic) bond motifs is 2. The number of ketones is 1. The lowest BCUT2D eigenvalue weighted by Gasteiger charge is -2.61. The van der Waals surface area contributed by atoms with Crippen molar-refractivity contribution < 1.29 is 24.2 Å². The van der Waals surface area contributed by atoms with E-state index in [2.05, 4.69) is 31.0 Å². The van der Waals surface area contributed by atoms with E-state index in [4.69, 9.17) is 4.74 Å². The topological polar surface area (TPSA) is 95.9 Å². The van der Waals surface area contributed by atoms with Crippen molar-refractivity contribution >= 4 is 30.2 Å². The molecule has 2 saturated heterocycles. The van der Waals surface area contributed by atoms with Crippen LogP contribution in [0.15, 0.2) is 0 Å². The summed E-state index contributed by atoms with van der Waals surface area (Å²) in [4.78, 5) is 41.7. The average Bonchev–Trinajstić information content (AvgIpc) is 3.49. The normalized spacial score (nSPS) is 47.8. The monoisotopic (exact) mass is 510 g/mol. The minimum absolute atomic E-state index is 0. The van der Waals surface area contributed by atoms with E-state index in [9.17, 15) is 19.5 Å². The number of hydrogen-bond acceptors (Lipinski definition) is 6. The Balaban J connectivity index is 0.00000289. The quantitative estimate of drug-likeness (QED) is 0.586. The Labute approximate surface area is 215 Å². The van der Waals surface area contributed by atoms with Gasteiger partial charge in [-0.2, -0.15) is 0 Å². The molecular formula is C27H43ClN2O5. The Morgan fingerprint density at radius 1 is 1.11 bits per heavy atom. The Hall–Kier alpha value is -1.18. The first-order chi connectivity index (χ1) is 15.9. The van der Waals surface area contributed by atoms with Gasteiger partial charge in [0, 0.05) is 30.8 Å². The Morgan fingerprint density at radius 2 is 1.83 bits per heavy atom. The average molecular weight is 511 g/mol. The third-order valence-corrected chi connectivity index (χ3v) is 11.2. The van der Waals surface area contributed by atoms with E-state index in [0.717, 1.165) is 38.8 Å². The molecular weight excluding hydrogens is 468 g/mol. The van der Waals surface area contributed by atoms with Gasteiger partial charge < -0.3 is 14.7 Å². The highest BCUT2D eigenvalue weighted by Crippen LogP contribution is 2.67. The van der Waals surface area contributed by atoms with Gasteiger partial charge in [-0.15, -0.1) is 12.4 Å². The van der Waals surface area contributed by atoms with Crippen LogP contribution in [0.3, 0.4) is 0 Å². The zero-order valence-electron chi connectivity index (χ0n) is 21.8. The highest BCUT2D eigenvalue weighted by atomic mass is 35.5. The maximum absolute atomic E-state index is 13.4. The van der Waals surface area contributed by atoms with Crippen LogP contribution < -0.4 is 5.32 Å². The standard InChI is InChI=1S/C27H42N2O5.ClH/c1-15-6-9-27-10-7-19(30)21(27)26(15,5)20(12-25(3,4)22(31)16(27)2)34-24(33)28-23(32)18-14-29-11-8-17(18)13-29;/h15-18,20-22,31H,6-14H2,1-5H3,(H,28,32,33);1H/t15-,16+,17-,18+,20-,21+,22+,26+,27+;/m1./s1. The molecule has 198 valence electrons. The van der Waals surface area contributed by atoms with Crippen molar-refractivity contribution in [3.63, 3.8) is 0 Å². The number of rotatable bonds is 2. The second-order valence-corrected chi connectivity index (χ2v) is 13.2. The summed E-state index contributed by atoms with van der Waals surface area (Å²) in [6, 6.07) is 0. The molecule has 7 nitrogen and oxygen atoms in total. The van der Waals surface area contributed by atoms with E-state index >= 15 is 0 Å². The van der Waals surface area contributed by atoms with Gasteiger partial charge in [0.2, 0.25) is 5.91 Å². The summed E-state index contributed by atoms with van der Waals surface area (Å²) in [6.07, 6.45) is 2.79. The Bertz CT molecular complexity index is 895. The molecule has 0 aromatic rings. The van der Waals surface area contributed by atoms with Crippen molar-refractivity contribution in [3.8, 4) is 0 Å². The van der Waals surface area contributed by atoms with Crippen molar-refractivity contribution in [2.45, 2.75) is 85.4 Å². The molecule has 3 aliphatic carbocycles. The molecule has 0 spiro atoms.